The van der Waals surface area contributed by atoms with E-state index >= 15 is 0 Å². The Morgan fingerprint density at radius 3 is 2.17 bits per heavy atom. The molecule has 2 saturated heterocycles. The second-order valence-corrected chi connectivity index (χ2v) is 12.4. The van der Waals surface area contributed by atoms with Gasteiger partial charge in [0, 0.05) is 51.3 Å². The highest BCUT2D eigenvalue weighted by atomic mass is 35.5. The van der Waals surface area contributed by atoms with E-state index in [9.17, 15) is 9.59 Å². The van der Waals surface area contributed by atoms with Gasteiger partial charge in [-0.3, -0.25) is 4.79 Å². The van der Waals surface area contributed by atoms with Crippen molar-refractivity contribution in [3.05, 3.63) is 106 Å². The molecule has 0 aromatic heterocycles. The van der Waals surface area contributed by atoms with Crippen LogP contribution in [-0.4, -0.2) is 73.0 Å². The number of benzene rings is 3. The Bertz CT molecular complexity index is 1340. The number of urea groups is 1. The van der Waals surface area contributed by atoms with E-state index in [4.69, 9.17) is 23.2 Å². The predicted octanol–water partition coefficient (Wildman–Crippen LogP) is 7.04. The number of halogens is 2. The first-order chi connectivity index (χ1) is 20.3. The minimum atomic E-state index is -0.372. The summed E-state index contributed by atoms with van der Waals surface area (Å²) in [6, 6.07) is 25.6. The van der Waals surface area contributed by atoms with E-state index in [2.05, 4.69) is 34.5 Å². The van der Waals surface area contributed by atoms with Gasteiger partial charge in [0.25, 0.3) is 5.91 Å². The number of carbonyl (C=O) groups is 2. The Hall–Kier alpha value is -3.06. The zero-order chi connectivity index (χ0) is 29.5. The molecule has 8 heteroatoms. The van der Waals surface area contributed by atoms with Crippen LogP contribution in [0.15, 0.2) is 78.9 Å². The van der Waals surface area contributed by atoms with E-state index in [0.29, 0.717) is 22.2 Å². The summed E-state index contributed by atoms with van der Waals surface area (Å²) in [5, 5.41) is 4.51. The fourth-order valence-electron chi connectivity index (χ4n) is 6.29. The molecule has 2 aliphatic rings. The van der Waals surface area contributed by atoms with Crippen LogP contribution in [0, 0.1) is 0 Å². The van der Waals surface area contributed by atoms with Crippen molar-refractivity contribution < 1.29 is 9.59 Å². The maximum absolute atomic E-state index is 13.2. The van der Waals surface area contributed by atoms with Gasteiger partial charge in [-0.25, -0.2) is 4.79 Å². The fourth-order valence-corrected chi connectivity index (χ4v) is 6.59. The van der Waals surface area contributed by atoms with Crippen molar-refractivity contribution in [2.75, 3.05) is 46.3 Å². The van der Waals surface area contributed by atoms with Crippen molar-refractivity contribution in [1.29, 1.82) is 0 Å². The summed E-state index contributed by atoms with van der Waals surface area (Å²) in [6.07, 6.45) is 4.71. The Morgan fingerprint density at radius 2 is 1.52 bits per heavy atom. The zero-order valence-corrected chi connectivity index (χ0v) is 25.8. The van der Waals surface area contributed by atoms with Crippen LogP contribution in [0.2, 0.25) is 10.0 Å². The molecule has 5 rings (SSSR count). The highest BCUT2D eigenvalue weighted by molar-refractivity contribution is 6.42. The molecule has 1 atom stereocenters. The lowest BCUT2D eigenvalue weighted by atomic mass is 9.80. The van der Waals surface area contributed by atoms with Crippen molar-refractivity contribution in [2.24, 2.45) is 0 Å². The summed E-state index contributed by atoms with van der Waals surface area (Å²) >= 11 is 12.7. The standard InChI is InChI=1S/C34H40Cl2N4O2/c1-38(32(41)26-10-4-2-5-11-26)25-28(27-14-15-30(35)31(36)24-27)16-21-39-22-17-34(18-23-39,29-12-6-3-7-13-29)37-33(42)40-19-8-9-20-40/h2-7,10-15,24,28H,8-9,16-23,25H2,1H3,(H,37,42). The summed E-state index contributed by atoms with van der Waals surface area (Å²) in [4.78, 5) is 32.6. The second-order valence-electron chi connectivity index (χ2n) is 11.6. The minimum Gasteiger partial charge on any atom is -0.341 e. The number of nitrogens with one attached hydrogen (secondary N) is 1. The lowest BCUT2D eigenvalue weighted by Gasteiger charge is -2.43. The van der Waals surface area contributed by atoms with Gasteiger partial charge in [0.1, 0.15) is 0 Å². The first kappa shape index (κ1) is 30.4. The summed E-state index contributed by atoms with van der Waals surface area (Å²) in [5.41, 5.74) is 2.55. The van der Waals surface area contributed by atoms with Crippen molar-refractivity contribution in [3.63, 3.8) is 0 Å². The Labute approximate surface area is 259 Å². The van der Waals surface area contributed by atoms with E-state index in [1.165, 1.54) is 5.56 Å². The van der Waals surface area contributed by atoms with E-state index in [1.807, 2.05) is 66.5 Å². The van der Waals surface area contributed by atoms with Crippen molar-refractivity contribution >= 4 is 35.1 Å². The van der Waals surface area contributed by atoms with Crippen LogP contribution in [0.25, 0.3) is 0 Å². The molecular formula is C34H40Cl2N4O2. The highest BCUT2D eigenvalue weighted by Crippen LogP contribution is 2.35. The average Bonchev–Trinajstić information content (AvgIpc) is 3.57. The van der Waals surface area contributed by atoms with Gasteiger partial charge in [0.2, 0.25) is 0 Å². The monoisotopic (exact) mass is 606 g/mol. The minimum absolute atomic E-state index is 0.0000200. The molecule has 42 heavy (non-hydrogen) atoms. The zero-order valence-electron chi connectivity index (χ0n) is 24.3. The van der Waals surface area contributed by atoms with Gasteiger partial charge >= 0.3 is 6.03 Å². The number of hydrogen-bond donors (Lipinski definition) is 1. The van der Waals surface area contributed by atoms with Crippen molar-refractivity contribution in [2.45, 2.75) is 43.6 Å². The Morgan fingerprint density at radius 1 is 0.881 bits per heavy atom. The van der Waals surface area contributed by atoms with Gasteiger partial charge in [-0.1, -0.05) is 77.8 Å². The van der Waals surface area contributed by atoms with Crippen LogP contribution >= 0.6 is 23.2 Å². The third kappa shape index (κ3) is 7.28. The topological polar surface area (TPSA) is 55.9 Å². The molecular weight excluding hydrogens is 567 g/mol. The van der Waals surface area contributed by atoms with Gasteiger partial charge in [-0.15, -0.1) is 0 Å². The molecule has 3 aromatic carbocycles. The predicted molar refractivity (Wildman–Crippen MR) is 170 cm³/mol. The van der Waals surface area contributed by atoms with Crippen LogP contribution < -0.4 is 5.32 Å². The molecule has 6 nitrogen and oxygen atoms in total. The maximum atomic E-state index is 13.2. The lowest BCUT2D eigenvalue weighted by Crippen LogP contribution is -2.56. The third-order valence-corrected chi connectivity index (χ3v) is 9.59. The Kier molecular flexibility index (Phi) is 10.1. The van der Waals surface area contributed by atoms with Crippen LogP contribution in [-0.2, 0) is 5.54 Å². The third-order valence-electron chi connectivity index (χ3n) is 8.85. The normalized spacial score (nSPS) is 17.5. The number of carbonyl (C=O) groups excluding carboxylic acids is 2. The maximum Gasteiger partial charge on any atom is 0.318 e. The largest absolute Gasteiger partial charge is 0.341 e. The van der Waals surface area contributed by atoms with Gasteiger partial charge in [0.15, 0.2) is 0 Å². The number of piperidine rings is 1. The molecule has 0 radical (unpaired) electrons. The molecule has 3 amide bonds. The van der Waals surface area contributed by atoms with Crippen LogP contribution in [0.4, 0.5) is 4.79 Å². The smallest absolute Gasteiger partial charge is 0.318 e. The summed E-state index contributed by atoms with van der Waals surface area (Å²) in [7, 11) is 1.86. The van der Waals surface area contributed by atoms with Crippen molar-refractivity contribution in [1.82, 2.24) is 20.0 Å². The van der Waals surface area contributed by atoms with Crippen LogP contribution in [0.3, 0.4) is 0 Å². The molecule has 0 spiro atoms. The van der Waals surface area contributed by atoms with Crippen molar-refractivity contribution in [3.8, 4) is 0 Å². The number of nitrogens with zero attached hydrogens (tertiary/aromatic N) is 3. The molecule has 1 N–H and O–H groups in total. The quantitative estimate of drug-likeness (QED) is 0.284. The van der Waals surface area contributed by atoms with Crippen LogP contribution in [0.5, 0.6) is 0 Å². The molecule has 222 valence electrons. The molecule has 0 bridgehead atoms. The molecule has 2 heterocycles. The number of hydrogen-bond acceptors (Lipinski definition) is 3. The molecule has 2 aliphatic heterocycles. The molecule has 3 aromatic rings. The lowest BCUT2D eigenvalue weighted by molar-refractivity contribution is 0.0778. The van der Waals surface area contributed by atoms with E-state index in [1.54, 1.807) is 4.90 Å². The first-order valence-corrected chi connectivity index (χ1v) is 15.7. The van der Waals surface area contributed by atoms with E-state index in [-0.39, 0.29) is 23.4 Å². The number of likely N-dealkylation sites (N-methyl/N-ethyl adjacent to an activating group) is 1. The highest BCUT2D eigenvalue weighted by Gasteiger charge is 2.39. The Balaban J connectivity index is 1.26. The molecule has 2 fully saturated rings. The number of amides is 3. The molecule has 1 unspecified atom stereocenters. The fraction of sp³-hybridized carbons (Fsp3) is 0.412. The first-order valence-electron chi connectivity index (χ1n) is 14.9. The second kappa shape index (κ2) is 13.9. The van der Waals surface area contributed by atoms with Gasteiger partial charge in [0.05, 0.1) is 15.6 Å². The molecule has 0 aliphatic carbocycles. The number of likely N-dealkylation sites (tertiary alicyclic amines) is 2. The average molecular weight is 608 g/mol. The summed E-state index contributed by atoms with van der Waals surface area (Å²) < 4.78 is 0. The SMILES string of the molecule is CN(CC(CCN1CCC(NC(=O)N2CCCC2)(c2ccccc2)CC1)c1ccc(Cl)c(Cl)c1)C(=O)c1ccccc1. The summed E-state index contributed by atoms with van der Waals surface area (Å²) in [6.45, 7) is 4.87. The van der Waals surface area contributed by atoms with E-state index in [0.717, 1.165) is 70.4 Å². The van der Waals surface area contributed by atoms with Gasteiger partial charge in [-0.05, 0) is 74.0 Å². The van der Waals surface area contributed by atoms with E-state index < -0.39 is 0 Å². The molecule has 0 saturated carbocycles. The number of rotatable bonds is 9. The van der Waals surface area contributed by atoms with Crippen LogP contribution in [0.1, 0.15) is 59.5 Å². The van der Waals surface area contributed by atoms with Gasteiger partial charge in [-0.2, -0.15) is 0 Å². The van der Waals surface area contributed by atoms with Gasteiger partial charge < -0.3 is 20.0 Å². The summed E-state index contributed by atoms with van der Waals surface area (Å²) in [5.74, 6) is 0.0909.